The molecule has 21 heavy (non-hydrogen) atoms. The zero-order chi connectivity index (χ0) is 15.0. The van der Waals surface area contributed by atoms with Gasteiger partial charge in [-0.1, -0.05) is 0 Å². The van der Waals surface area contributed by atoms with Crippen LogP contribution in [0.2, 0.25) is 0 Å². The van der Waals surface area contributed by atoms with E-state index in [-0.39, 0.29) is 11.5 Å². The van der Waals surface area contributed by atoms with Crippen molar-refractivity contribution in [2.45, 2.75) is 19.4 Å². The van der Waals surface area contributed by atoms with Crippen LogP contribution in [0.5, 0.6) is 0 Å². The lowest BCUT2D eigenvalue weighted by Gasteiger charge is -2.31. The van der Waals surface area contributed by atoms with Gasteiger partial charge in [0.1, 0.15) is 4.70 Å². The quantitative estimate of drug-likeness (QED) is 0.847. The van der Waals surface area contributed by atoms with E-state index in [2.05, 4.69) is 4.98 Å². The molecule has 3 heterocycles. The lowest BCUT2D eigenvalue weighted by atomic mass is 10.00. The standard InChI is InChI=1S/C13H17N3O3S2/c1-21(18,19)16-5-2-3-10(8-16)7-15-9-14-11-4-6-20-12(11)13(15)17/h4,6,9-10H,2-3,5,7-8H2,1H3. The SMILES string of the molecule is CS(=O)(=O)N1CCCC(Cn2cnc3ccsc3c2=O)C1. The second kappa shape index (κ2) is 5.51. The lowest BCUT2D eigenvalue weighted by Crippen LogP contribution is -2.41. The molecule has 1 aliphatic rings. The summed E-state index contributed by atoms with van der Waals surface area (Å²) in [5.74, 6) is 0.158. The van der Waals surface area contributed by atoms with E-state index in [9.17, 15) is 13.2 Å². The van der Waals surface area contributed by atoms with E-state index in [4.69, 9.17) is 0 Å². The maximum absolute atomic E-state index is 12.3. The van der Waals surface area contributed by atoms with Crippen molar-refractivity contribution in [2.24, 2.45) is 5.92 Å². The zero-order valence-corrected chi connectivity index (χ0v) is 13.4. The molecule has 1 aliphatic heterocycles. The third kappa shape index (κ3) is 3.02. The molecule has 0 saturated carbocycles. The first-order valence-corrected chi connectivity index (χ1v) is 9.56. The van der Waals surface area contributed by atoms with Gasteiger partial charge in [-0.3, -0.25) is 9.36 Å². The predicted octanol–water partition coefficient (Wildman–Crippen LogP) is 1.13. The van der Waals surface area contributed by atoms with E-state index in [0.29, 0.717) is 24.3 Å². The Hall–Kier alpha value is -1.25. The van der Waals surface area contributed by atoms with Gasteiger partial charge in [-0.05, 0) is 30.2 Å². The highest BCUT2D eigenvalue weighted by Gasteiger charge is 2.26. The summed E-state index contributed by atoms with van der Waals surface area (Å²) in [5.41, 5.74) is 0.689. The van der Waals surface area contributed by atoms with Crippen molar-refractivity contribution in [3.8, 4) is 0 Å². The molecule has 6 nitrogen and oxygen atoms in total. The Morgan fingerprint density at radius 3 is 3.05 bits per heavy atom. The molecule has 1 fully saturated rings. The molecule has 3 rings (SSSR count). The second-order valence-electron chi connectivity index (χ2n) is 5.47. The number of thiophene rings is 1. The number of hydrogen-bond acceptors (Lipinski definition) is 5. The van der Waals surface area contributed by atoms with Gasteiger partial charge in [0.05, 0.1) is 18.1 Å². The molecule has 8 heteroatoms. The Bertz CT molecular complexity index is 809. The Morgan fingerprint density at radius 2 is 2.29 bits per heavy atom. The number of fused-ring (bicyclic) bond motifs is 1. The maximum Gasteiger partial charge on any atom is 0.271 e. The Balaban J connectivity index is 1.82. The molecule has 0 bridgehead atoms. The summed E-state index contributed by atoms with van der Waals surface area (Å²) in [6, 6.07) is 1.83. The van der Waals surface area contributed by atoms with Gasteiger partial charge < -0.3 is 0 Å². The van der Waals surface area contributed by atoms with Crippen LogP contribution >= 0.6 is 11.3 Å². The summed E-state index contributed by atoms with van der Waals surface area (Å²) in [4.78, 5) is 16.6. The number of aromatic nitrogens is 2. The number of hydrogen-bond donors (Lipinski definition) is 0. The monoisotopic (exact) mass is 327 g/mol. The van der Waals surface area contributed by atoms with E-state index < -0.39 is 10.0 Å². The number of sulfonamides is 1. The van der Waals surface area contributed by atoms with Crippen molar-refractivity contribution in [3.63, 3.8) is 0 Å². The second-order valence-corrected chi connectivity index (χ2v) is 8.36. The molecule has 0 spiro atoms. The lowest BCUT2D eigenvalue weighted by molar-refractivity contribution is 0.244. The van der Waals surface area contributed by atoms with Crippen LogP contribution in [0.1, 0.15) is 12.8 Å². The van der Waals surface area contributed by atoms with Crippen molar-refractivity contribution < 1.29 is 8.42 Å². The van der Waals surface area contributed by atoms with Crippen molar-refractivity contribution in [1.29, 1.82) is 0 Å². The van der Waals surface area contributed by atoms with Gasteiger partial charge in [0, 0.05) is 19.6 Å². The summed E-state index contributed by atoms with van der Waals surface area (Å²) < 4.78 is 27.0. The van der Waals surface area contributed by atoms with Crippen molar-refractivity contribution >= 4 is 31.6 Å². The molecule has 1 atom stereocenters. The van der Waals surface area contributed by atoms with E-state index >= 15 is 0 Å². The van der Waals surface area contributed by atoms with Gasteiger partial charge in [0.25, 0.3) is 5.56 Å². The first-order valence-electron chi connectivity index (χ1n) is 6.83. The molecular weight excluding hydrogens is 310 g/mol. The summed E-state index contributed by atoms with van der Waals surface area (Å²) in [6.07, 6.45) is 4.57. The fourth-order valence-electron chi connectivity index (χ4n) is 2.76. The molecular formula is C13H17N3O3S2. The van der Waals surface area contributed by atoms with Crippen LogP contribution in [0.4, 0.5) is 0 Å². The highest BCUT2D eigenvalue weighted by molar-refractivity contribution is 7.88. The summed E-state index contributed by atoms with van der Waals surface area (Å²) in [7, 11) is -3.15. The Labute approximate surface area is 127 Å². The highest BCUT2D eigenvalue weighted by Crippen LogP contribution is 2.20. The molecule has 2 aromatic rings. The highest BCUT2D eigenvalue weighted by atomic mass is 32.2. The number of piperidine rings is 1. The third-order valence-corrected chi connectivity index (χ3v) is 6.00. The maximum atomic E-state index is 12.3. The van der Waals surface area contributed by atoms with Crippen LogP contribution in [0.15, 0.2) is 22.6 Å². The van der Waals surface area contributed by atoms with Crippen LogP contribution in [0.3, 0.4) is 0 Å². The Kier molecular flexibility index (Phi) is 3.85. The number of nitrogens with zero attached hydrogens (tertiary/aromatic N) is 3. The molecule has 1 unspecified atom stereocenters. The molecule has 114 valence electrons. The van der Waals surface area contributed by atoms with Crippen molar-refractivity contribution in [1.82, 2.24) is 13.9 Å². The smallest absolute Gasteiger partial charge is 0.271 e. The van der Waals surface area contributed by atoms with E-state index in [0.717, 1.165) is 18.4 Å². The average molecular weight is 327 g/mol. The molecule has 0 radical (unpaired) electrons. The van der Waals surface area contributed by atoms with Gasteiger partial charge >= 0.3 is 0 Å². The largest absolute Gasteiger partial charge is 0.298 e. The topological polar surface area (TPSA) is 72.3 Å². The summed E-state index contributed by atoms with van der Waals surface area (Å²) >= 11 is 1.39. The average Bonchev–Trinajstić information content (AvgIpc) is 2.91. The molecule has 1 saturated heterocycles. The van der Waals surface area contributed by atoms with Crippen LogP contribution < -0.4 is 5.56 Å². The minimum Gasteiger partial charge on any atom is -0.298 e. The molecule has 0 aromatic carbocycles. The van der Waals surface area contributed by atoms with Gasteiger partial charge in [-0.2, -0.15) is 0 Å². The van der Waals surface area contributed by atoms with Gasteiger partial charge in [0.2, 0.25) is 10.0 Å². The third-order valence-electron chi connectivity index (χ3n) is 3.84. The van der Waals surface area contributed by atoms with Crippen LogP contribution in [-0.2, 0) is 16.6 Å². The fraction of sp³-hybridized carbons (Fsp3) is 0.538. The zero-order valence-electron chi connectivity index (χ0n) is 11.7. The van der Waals surface area contributed by atoms with E-state index in [1.165, 1.54) is 21.9 Å². The van der Waals surface area contributed by atoms with Crippen LogP contribution in [-0.4, -0.2) is 41.6 Å². The Morgan fingerprint density at radius 1 is 1.48 bits per heavy atom. The van der Waals surface area contributed by atoms with Gasteiger partial charge in [0.15, 0.2) is 0 Å². The molecule has 2 aromatic heterocycles. The molecule has 0 amide bonds. The van der Waals surface area contributed by atoms with Crippen LogP contribution in [0.25, 0.3) is 10.2 Å². The molecule has 0 N–H and O–H groups in total. The van der Waals surface area contributed by atoms with E-state index in [1.807, 2.05) is 11.4 Å². The van der Waals surface area contributed by atoms with Gasteiger partial charge in [-0.15, -0.1) is 11.3 Å². The minimum atomic E-state index is -3.15. The first-order chi connectivity index (χ1) is 9.95. The number of rotatable bonds is 3. The van der Waals surface area contributed by atoms with Crippen LogP contribution in [0, 0.1) is 5.92 Å². The summed E-state index contributed by atoms with van der Waals surface area (Å²) in [6.45, 7) is 1.58. The summed E-state index contributed by atoms with van der Waals surface area (Å²) in [5, 5.41) is 1.86. The van der Waals surface area contributed by atoms with Gasteiger partial charge in [-0.25, -0.2) is 17.7 Å². The predicted molar refractivity (Wildman–Crippen MR) is 83.0 cm³/mol. The van der Waals surface area contributed by atoms with Crippen molar-refractivity contribution in [3.05, 3.63) is 28.1 Å². The first kappa shape index (κ1) is 14.7. The van der Waals surface area contributed by atoms with E-state index in [1.54, 1.807) is 10.9 Å². The molecule has 0 aliphatic carbocycles. The normalized spacial score (nSPS) is 20.9. The fourth-order valence-corrected chi connectivity index (χ4v) is 4.50. The minimum absolute atomic E-state index is 0.0357. The van der Waals surface area contributed by atoms with Crippen molar-refractivity contribution in [2.75, 3.05) is 19.3 Å².